The Morgan fingerprint density at radius 2 is 2.07 bits per heavy atom. The van der Waals surface area contributed by atoms with E-state index in [0.717, 1.165) is 18.9 Å². The molecule has 76 valence electrons. The van der Waals surface area contributed by atoms with Gasteiger partial charge in [-0.1, -0.05) is 0 Å². The van der Waals surface area contributed by atoms with Crippen molar-refractivity contribution in [3.05, 3.63) is 6.33 Å². The Hall–Kier alpha value is -1.52. The number of methoxy groups -OCH3 is 1. The minimum atomic E-state index is 0.460. The number of rotatable bonds is 2. The molecule has 0 amide bonds. The third kappa shape index (κ3) is 1.45. The van der Waals surface area contributed by atoms with Gasteiger partial charge in [0.25, 0.3) is 0 Å². The topological polar surface area (TPSA) is 64.3 Å². The highest BCUT2D eigenvalue weighted by molar-refractivity contribution is 5.67. The van der Waals surface area contributed by atoms with Crippen molar-refractivity contribution >= 4 is 11.5 Å². The van der Waals surface area contributed by atoms with Crippen molar-refractivity contribution in [1.82, 2.24) is 9.97 Å². The molecular weight excluding hydrogens is 180 g/mol. The molecule has 0 saturated carbocycles. The minimum Gasteiger partial charge on any atom is -0.479 e. The van der Waals surface area contributed by atoms with Gasteiger partial charge in [-0.2, -0.15) is 4.98 Å². The van der Waals surface area contributed by atoms with Crippen LogP contribution in [0.2, 0.25) is 0 Å². The summed E-state index contributed by atoms with van der Waals surface area (Å²) in [6, 6.07) is 0. The lowest BCUT2D eigenvalue weighted by molar-refractivity contribution is 0.399. The first-order valence-electron chi connectivity index (χ1n) is 4.72. The first kappa shape index (κ1) is 9.05. The van der Waals surface area contributed by atoms with Crippen molar-refractivity contribution in [2.24, 2.45) is 0 Å². The fourth-order valence-corrected chi connectivity index (χ4v) is 1.71. The zero-order chi connectivity index (χ0) is 9.97. The standard InChI is InChI=1S/C9H14N4O/c1-14-9-7(10)8(11-6-12-9)13-4-2-3-5-13/h6H,2-5,10H2,1H3. The van der Waals surface area contributed by atoms with Gasteiger partial charge in [0.05, 0.1) is 7.11 Å². The van der Waals surface area contributed by atoms with Crippen molar-refractivity contribution in [2.45, 2.75) is 12.8 Å². The molecule has 0 aromatic carbocycles. The molecule has 1 fully saturated rings. The van der Waals surface area contributed by atoms with Gasteiger partial charge in [0, 0.05) is 13.1 Å². The van der Waals surface area contributed by atoms with Crippen LogP contribution in [0.15, 0.2) is 6.33 Å². The summed E-state index contributed by atoms with van der Waals surface area (Å²) >= 11 is 0. The van der Waals surface area contributed by atoms with Crippen LogP contribution in [0, 0.1) is 0 Å². The SMILES string of the molecule is COc1ncnc(N2CCCC2)c1N. The molecule has 14 heavy (non-hydrogen) atoms. The fraction of sp³-hybridized carbons (Fsp3) is 0.556. The van der Waals surface area contributed by atoms with Crippen LogP contribution in [-0.2, 0) is 0 Å². The lowest BCUT2D eigenvalue weighted by Crippen LogP contribution is -2.20. The number of hydrogen-bond donors (Lipinski definition) is 1. The molecule has 5 nitrogen and oxygen atoms in total. The summed E-state index contributed by atoms with van der Waals surface area (Å²) in [6.45, 7) is 2.04. The van der Waals surface area contributed by atoms with Crippen molar-refractivity contribution in [1.29, 1.82) is 0 Å². The van der Waals surface area contributed by atoms with E-state index in [9.17, 15) is 0 Å². The summed E-state index contributed by atoms with van der Waals surface area (Å²) in [7, 11) is 1.56. The quantitative estimate of drug-likeness (QED) is 0.749. The van der Waals surface area contributed by atoms with Crippen LogP contribution in [0.5, 0.6) is 5.88 Å². The van der Waals surface area contributed by atoms with E-state index < -0.39 is 0 Å². The monoisotopic (exact) mass is 194 g/mol. The highest BCUT2D eigenvalue weighted by atomic mass is 16.5. The largest absolute Gasteiger partial charge is 0.479 e. The summed E-state index contributed by atoms with van der Waals surface area (Å²) in [5, 5.41) is 0. The third-order valence-electron chi connectivity index (χ3n) is 2.43. The zero-order valence-corrected chi connectivity index (χ0v) is 8.23. The molecule has 0 aliphatic carbocycles. The summed E-state index contributed by atoms with van der Waals surface area (Å²) in [6.07, 6.45) is 3.89. The third-order valence-corrected chi connectivity index (χ3v) is 2.43. The van der Waals surface area contributed by atoms with Gasteiger partial charge in [-0.25, -0.2) is 4.98 Å². The van der Waals surface area contributed by atoms with E-state index in [0.29, 0.717) is 11.6 Å². The number of nitrogens with two attached hydrogens (primary N) is 1. The Morgan fingerprint density at radius 1 is 1.36 bits per heavy atom. The molecule has 0 bridgehead atoms. The van der Waals surface area contributed by atoms with E-state index in [1.54, 1.807) is 7.11 Å². The van der Waals surface area contributed by atoms with Crippen molar-refractivity contribution in [3.8, 4) is 5.88 Å². The van der Waals surface area contributed by atoms with Crippen LogP contribution in [0.25, 0.3) is 0 Å². The fourth-order valence-electron chi connectivity index (χ4n) is 1.71. The molecule has 2 rings (SSSR count). The van der Waals surface area contributed by atoms with E-state index in [-0.39, 0.29) is 0 Å². The van der Waals surface area contributed by atoms with E-state index in [1.165, 1.54) is 19.2 Å². The number of aromatic nitrogens is 2. The molecule has 0 radical (unpaired) electrons. The predicted molar refractivity (Wildman–Crippen MR) is 54.4 cm³/mol. The van der Waals surface area contributed by atoms with Crippen molar-refractivity contribution in [3.63, 3.8) is 0 Å². The maximum absolute atomic E-state index is 5.88. The number of nitrogen functional groups attached to an aromatic ring is 1. The molecule has 1 aliphatic heterocycles. The lowest BCUT2D eigenvalue weighted by Gasteiger charge is -2.18. The number of anilines is 2. The maximum Gasteiger partial charge on any atom is 0.242 e. The molecule has 0 atom stereocenters. The summed E-state index contributed by atoms with van der Waals surface area (Å²) in [4.78, 5) is 10.3. The van der Waals surface area contributed by atoms with Gasteiger partial charge >= 0.3 is 0 Å². The van der Waals surface area contributed by atoms with E-state index in [1.807, 2.05) is 0 Å². The molecule has 1 aliphatic rings. The summed E-state index contributed by atoms with van der Waals surface area (Å²) < 4.78 is 5.04. The van der Waals surface area contributed by atoms with Crippen molar-refractivity contribution < 1.29 is 4.74 Å². The Balaban J connectivity index is 2.32. The van der Waals surface area contributed by atoms with Gasteiger partial charge in [-0.3, -0.25) is 0 Å². The Bertz CT molecular complexity index is 323. The highest BCUT2D eigenvalue weighted by Crippen LogP contribution is 2.29. The smallest absolute Gasteiger partial charge is 0.242 e. The number of ether oxygens (including phenoxy) is 1. The van der Waals surface area contributed by atoms with Crippen LogP contribution in [0.4, 0.5) is 11.5 Å². The van der Waals surface area contributed by atoms with E-state index >= 15 is 0 Å². The zero-order valence-electron chi connectivity index (χ0n) is 8.23. The van der Waals surface area contributed by atoms with Crippen LogP contribution in [-0.4, -0.2) is 30.2 Å². The van der Waals surface area contributed by atoms with Gasteiger partial charge in [-0.05, 0) is 12.8 Å². The van der Waals surface area contributed by atoms with E-state index in [4.69, 9.17) is 10.5 Å². The lowest BCUT2D eigenvalue weighted by atomic mass is 10.4. The molecule has 0 spiro atoms. The maximum atomic E-state index is 5.88. The molecular formula is C9H14N4O. The Morgan fingerprint density at radius 3 is 2.71 bits per heavy atom. The summed E-state index contributed by atoms with van der Waals surface area (Å²) in [5.41, 5.74) is 6.42. The first-order chi connectivity index (χ1) is 6.83. The minimum absolute atomic E-state index is 0.460. The molecule has 2 N–H and O–H groups in total. The van der Waals surface area contributed by atoms with E-state index in [2.05, 4.69) is 14.9 Å². The first-order valence-corrected chi connectivity index (χ1v) is 4.72. The average Bonchev–Trinajstić information content (AvgIpc) is 2.71. The number of nitrogens with zero attached hydrogens (tertiary/aromatic N) is 3. The molecule has 1 aromatic heterocycles. The van der Waals surface area contributed by atoms with Gasteiger partial charge in [0.2, 0.25) is 5.88 Å². The predicted octanol–water partition coefficient (Wildman–Crippen LogP) is 0.668. The Labute approximate surface area is 82.9 Å². The second-order valence-corrected chi connectivity index (χ2v) is 3.31. The van der Waals surface area contributed by atoms with Gasteiger partial charge in [0.1, 0.15) is 12.0 Å². The van der Waals surface area contributed by atoms with Crippen LogP contribution >= 0.6 is 0 Å². The second-order valence-electron chi connectivity index (χ2n) is 3.31. The molecule has 1 aromatic rings. The van der Waals surface area contributed by atoms with Gasteiger partial charge < -0.3 is 15.4 Å². The normalized spacial score (nSPS) is 15.9. The second kappa shape index (κ2) is 3.69. The van der Waals surface area contributed by atoms with Crippen molar-refractivity contribution in [2.75, 3.05) is 30.8 Å². The van der Waals surface area contributed by atoms with Crippen LogP contribution < -0.4 is 15.4 Å². The van der Waals surface area contributed by atoms with Gasteiger partial charge in [-0.15, -0.1) is 0 Å². The number of hydrogen-bond acceptors (Lipinski definition) is 5. The summed E-state index contributed by atoms with van der Waals surface area (Å²) in [5.74, 6) is 1.26. The molecule has 5 heteroatoms. The van der Waals surface area contributed by atoms with Gasteiger partial charge in [0.15, 0.2) is 5.82 Å². The highest BCUT2D eigenvalue weighted by Gasteiger charge is 2.18. The molecule has 0 unspecified atom stereocenters. The Kier molecular flexibility index (Phi) is 2.39. The van der Waals surface area contributed by atoms with Crippen LogP contribution in [0.1, 0.15) is 12.8 Å². The molecule has 2 heterocycles. The molecule has 1 saturated heterocycles. The van der Waals surface area contributed by atoms with Crippen LogP contribution in [0.3, 0.4) is 0 Å². The average molecular weight is 194 g/mol.